The molecule has 0 saturated carbocycles. The van der Waals surface area contributed by atoms with Crippen LogP contribution in [-0.2, 0) is 0 Å². The van der Waals surface area contributed by atoms with Crippen molar-refractivity contribution >= 4 is 10.9 Å². The van der Waals surface area contributed by atoms with Gasteiger partial charge >= 0.3 is 0 Å². The second-order valence-corrected chi connectivity index (χ2v) is 9.58. The summed E-state index contributed by atoms with van der Waals surface area (Å²) in [6.07, 6.45) is 5.47. The Morgan fingerprint density at radius 2 is 1.58 bits per heavy atom. The van der Waals surface area contributed by atoms with Gasteiger partial charge in [0.05, 0.1) is 23.5 Å². The maximum Gasteiger partial charge on any atom is 0.0838 e. The van der Waals surface area contributed by atoms with Crippen molar-refractivity contribution in [1.29, 1.82) is 0 Å². The predicted octanol–water partition coefficient (Wildman–Crippen LogP) is 7.90. The first-order valence-electron chi connectivity index (χ1n) is 12.2. The molecule has 0 fully saturated rings. The number of fused-ring (bicyclic) bond motifs is 1. The number of aliphatic hydroxyl groups is 1. The molecule has 2 aromatic heterocycles. The quantitative estimate of drug-likeness (QED) is 0.317. The van der Waals surface area contributed by atoms with Gasteiger partial charge in [-0.05, 0) is 60.6 Å². The van der Waals surface area contributed by atoms with Crippen molar-refractivity contribution in [3.63, 3.8) is 0 Å². The lowest BCUT2D eigenvalue weighted by atomic mass is 9.91. The van der Waals surface area contributed by atoms with Crippen molar-refractivity contribution in [1.82, 2.24) is 9.55 Å². The highest BCUT2D eigenvalue weighted by Gasteiger charge is 2.23. The van der Waals surface area contributed by atoms with E-state index in [0.717, 1.165) is 40.7 Å². The van der Waals surface area contributed by atoms with Gasteiger partial charge < -0.3 is 9.67 Å². The van der Waals surface area contributed by atoms with Crippen molar-refractivity contribution in [2.75, 3.05) is 0 Å². The molecule has 0 amide bonds. The standard InChI is InChI=1S/C30H36N2O/c1-7-22(8-2)30(33)26-18-32(24-14-12-23(13-15-24)19(3)4)28-17-31-27(16-25(26)28)29-20(5)10-9-11-21(29)6/h9-19,22,30,33H,7-8H2,1-6H3. The molecule has 3 heteroatoms. The average Bonchev–Trinajstić information content (AvgIpc) is 3.18. The van der Waals surface area contributed by atoms with Crippen LogP contribution in [0.4, 0.5) is 0 Å². The van der Waals surface area contributed by atoms with E-state index in [-0.39, 0.29) is 5.92 Å². The molecule has 4 aromatic rings. The van der Waals surface area contributed by atoms with Crippen molar-refractivity contribution in [2.45, 2.75) is 66.4 Å². The third-order valence-corrected chi connectivity index (χ3v) is 7.11. The van der Waals surface area contributed by atoms with E-state index in [0.29, 0.717) is 5.92 Å². The Labute approximate surface area is 198 Å². The molecule has 172 valence electrons. The topological polar surface area (TPSA) is 38.0 Å². The molecule has 0 aliphatic rings. The van der Waals surface area contributed by atoms with E-state index in [2.05, 4.69) is 101 Å². The predicted molar refractivity (Wildman–Crippen MR) is 139 cm³/mol. The number of aliphatic hydroxyl groups excluding tert-OH is 1. The van der Waals surface area contributed by atoms with Gasteiger partial charge in [0.15, 0.2) is 0 Å². The number of pyridine rings is 1. The molecular formula is C30H36N2O. The summed E-state index contributed by atoms with van der Waals surface area (Å²) in [5.74, 6) is 0.721. The van der Waals surface area contributed by atoms with Crippen molar-refractivity contribution in [2.24, 2.45) is 5.92 Å². The first-order chi connectivity index (χ1) is 15.8. The van der Waals surface area contributed by atoms with E-state index in [1.165, 1.54) is 22.3 Å². The summed E-state index contributed by atoms with van der Waals surface area (Å²) in [4.78, 5) is 4.89. The van der Waals surface area contributed by atoms with Gasteiger partial charge in [0.25, 0.3) is 0 Å². The Morgan fingerprint density at radius 1 is 0.939 bits per heavy atom. The lowest BCUT2D eigenvalue weighted by Gasteiger charge is -2.19. The molecule has 2 aromatic carbocycles. The van der Waals surface area contributed by atoms with Crippen molar-refractivity contribution in [3.05, 3.63) is 83.2 Å². The van der Waals surface area contributed by atoms with Crippen LogP contribution in [-0.4, -0.2) is 14.7 Å². The fourth-order valence-electron chi connectivity index (χ4n) is 4.96. The zero-order valence-corrected chi connectivity index (χ0v) is 20.8. The first-order valence-corrected chi connectivity index (χ1v) is 12.2. The van der Waals surface area contributed by atoms with Gasteiger partial charge in [0, 0.05) is 28.4 Å². The van der Waals surface area contributed by atoms with Gasteiger partial charge in [-0.3, -0.25) is 4.98 Å². The molecule has 1 atom stereocenters. The molecule has 0 aliphatic heterocycles. The Balaban J connectivity index is 1.93. The summed E-state index contributed by atoms with van der Waals surface area (Å²) in [6.45, 7) is 13.0. The van der Waals surface area contributed by atoms with E-state index in [4.69, 9.17) is 4.98 Å². The molecule has 0 aliphatic carbocycles. The molecule has 1 N–H and O–H groups in total. The summed E-state index contributed by atoms with van der Waals surface area (Å²) in [5, 5.41) is 12.5. The largest absolute Gasteiger partial charge is 0.388 e. The summed E-state index contributed by atoms with van der Waals surface area (Å²) >= 11 is 0. The highest BCUT2D eigenvalue weighted by Crippen LogP contribution is 2.37. The number of hydrogen-bond acceptors (Lipinski definition) is 2. The van der Waals surface area contributed by atoms with Crippen molar-refractivity contribution < 1.29 is 5.11 Å². The third kappa shape index (κ3) is 4.35. The Morgan fingerprint density at radius 3 is 2.15 bits per heavy atom. The normalized spacial score (nSPS) is 12.8. The molecule has 1 unspecified atom stereocenters. The average molecular weight is 441 g/mol. The van der Waals surface area contributed by atoms with Crippen LogP contribution in [0.5, 0.6) is 0 Å². The zero-order valence-electron chi connectivity index (χ0n) is 20.8. The minimum atomic E-state index is -0.507. The summed E-state index contributed by atoms with van der Waals surface area (Å²) in [7, 11) is 0. The van der Waals surface area contributed by atoms with Gasteiger partial charge in [-0.1, -0.05) is 70.9 Å². The fourth-order valence-corrected chi connectivity index (χ4v) is 4.96. The van der Waals surface area contributed by atoms with E-state index in [1.807, 2.05) is 6.20 Å². The first kappa shape index (κ1) is 23.3. The monoisotopic (exact) mass is 440 g/mol. The molecule has 0 radical (unpaired) electrons. The molecule has 33 heavy (non-hydrogen) atoms. The molecule has 0 spiro atoms. The van der Waals surface area contributed by atoms with Crippen LogP contribution < -0.4 is 0 Å². The maximum atomic E-state index is 11.4. The summed E-state index contributed by atoms with van der Waals surface area (Å²) in [5.41, 5.74) is 9.00. The van der Waals surface area contributed by atoms with Gasteiger partial charge in [0.1, 0.15) is 0 Å². The summed E-state index contributed by atoms with van der Waals surface area (Å²) < 4.78 is 2.18. The number of aryl methyl sites for hydroxylation is 2. The van der Waals surface area contributed by atoms with Crippen LogP contribution in [0, 0.1) is 19.8 Å². The van der Waals surface area contributed by atoms with Crippen LogP contribution in [0.2, 0.25) is 0 Å². The smallest absolute Gasteiger partial charge is 0.0838 e. The molecule has 4 rings (SSSR count). The summed E-state index contributed by atoms with van der Waals surface area (Å²) in [6, 6.07) is 17.3. The minimum Gasteiger partial charge on any atom is -0.388 e. The van der Waals surface area contributed by atoms with Crippen LogP contribution in [0.3, 0.4) is 0 Å². The van der Waals surface area contributed by atoms with Gasteiger partial charge in [0.2, 0.25) is 0 Å². The maximum absolute atomic E-state index is 11.4. The molecular weight excluding hydrogens is 404 g/mol. The van der Waals surface area contributed by atoms with Crippen LogP contribution >= 0.6 is 0 Å². The Bertz CT molecular complexity index is 1230. The lowest BCUT2D eigenvalue weighted by molar-refractivity contribution is 0.104. The SMILES string of the molecule is CCC(CC)C(O)c1cn(-c2ccc(C(C)C)cc2)c2cnc(-c3c(C)cccc3C)cc12. The third-order valence-electron chi connectivity index (χ3n) is 7.11. The van der Waals surface area contributed by atoms with E-state index in [9.17, 15) is 5.11 Å². The number of aromatic nitrogens is 2. The van der Waals surface area contributed by atoms with E-state index in [1.54, 1.807) is 0 Å². The second-order valence-electron chi connectivity index (χ2n) is 9.58. The molecule has 0 bridgehead atoms. The molecule has 3 nitrogen and oxygen atoms in total. The number of rotatable bonds is 7. The number of benzene rings is 2. The van der Waals surface area contributed by atoms with Crippen LogP contribution in [0.15, 0.2) is 60.9 Å². The second kappa shape index (κ2) is 9.52. The highest BCUT2D eigenvalue weighted by atomic mass is 16.3. The van der Waals surface area contributed by atoms with E-state index >= 15 is 0 Å². The number of hydrogen-bond donors (Lipinski definition) is 1. The Kier molecular flexibility index (Phi) is 6.71. The van der Waals surface area contributed by atoms with Crippen molar-refractivity contribution in [3.8, 4) is 16.9 Å². The highest BCUT2D eigenvalue weighted by molar-refractivity contribution is 5.89. The van der Waals surface area contributed by atoms with Gasteiger partial charge in [-0.15, -0.1) is 0 Å². The number of nitrogens with zero attached hydrogens (tertiary/aromatic N) is 2. The molecule has 2 heterocycles. The zero-order chi connectivity index (χ0) is 23.7. The molecule has 0 saturated heterocycles. The van der Waals surface area contributed by atoms with Crippen LogP contribution in [0.1, 0.15) is 74.8 Å². The van der Waals surface area contributed by atoms with Gasteiger partial charge in [-0.2, -0.15) is 0 Å². The minimum absolute atomic E-state index is 0.226. The van der Waals surface area contributed by atoms with E-state index < -0.39 is 6.10 Å². The Hall–Kier alpha value is -2.91. The van der Waals surface area contributed by atoms with Crippen LogP contribution in [0.25, 0.3) is 27.8 Å². The lowest BCUT2D eigenvalue weighted by Crippen LogP contribution is -2.10. The van der Waals surface area contributed by atoms with Gasteiger partial charge in [-0.25, -0.2) is 0 Å². The fraction of sp³-hybridized carbons (Fsp3) is 0.367.